The van der Waals surface area contributed by atoms with Crippen LogP contribution in [-0.4, -0.2) is 34.6 Å². The maximum Gasteiger partial charge on any atom is 0.256 e. The Labute approximate surface area is 151 Å². The van der Waals surface area contributed by atoms with Gasteiger partial charge in [0.1, 0.15) is 0 Å². The van der Waals surface area contributed by atoms with E-state index < -0.39 is 23.1 Å². The number of halogens is 2. The number of carbonyl (C=O) groups is 1. The largest absolute Gasteiger partial charge is 0.379 e. The summed E-state index contributed by atoms with van der Waals surface area (Å²) >= 11 is 0. The number of hydrogen-bond acceptors (Lipinski definition) is 3. The molecule has 1 heterocycles. The highest BCUT2D eigenvalue weighted by atomic mass is 19.2. The number of aliphatic hydroxyl groups is 1. The Morgan fingerprint density at radius 3 is 2.65 bits per heavy atom. The number of rotatable bonds is 6. The smallest absolute Gasteiger partial charge is 0.256 e. The van der Waals surface area contributed by atoms with Crippen molar-refractivity contribution in [2.45, 2.75) is 31.5 Å². The molecule has 1 amide bonds. The Kier molecular flexibility index (Phi) is 5.64. The second-order valence-electron chi connectivity index (χ2n) is 6.66. The lowest BCUT2D eigenvalue weighted by atomic mass is 9.91. The number of nitrogens with one attached hydrogen (secondary N) is 1. The number of likely N-dealkylation sites (tertiary alicyclic amines) is 1. The monoisotopic (exact) mass is 360 g/mol. The molecule has 0 aliphatic carbocycles. The molecule has 0 spiro atoms. The Morgan fingerprint density at radius 2 is 1.88 bits per heavy atom. The third kappa shape index (κ3) is 4.08. The minimum Gasteiger partial charge on any atom is -0.379 e. The SMILES string of the molecule is O=C1N(Cc2cccc(F)c2F)CCC[C@]1(O)CNCc1ccccc1. The first-order valence-electron chi connectivity index (χ1n) is 8.69. The Morgan fingerprint density at radius 1 is 1.12 bits per heavy atom. The summed E-state index contributed by atoms with van der Waals surface area (Å²) in [7, 11) is 0. The summed E-state index contributed by atoms with van der Waals surface area (Å²) in [4.78, 5) is 14.1. The molecule has 0 saturated carbocycles. The molecular weight excluding hydrogens is 338 g/mol. The standard InChI is InChI=1S/C20H22F2N2O2/c21-17-9-4-8-16(18(17)22)13-24-11-5-10-20(26,19(24)25)14-23-12-15-6-2-1-3-7-15/h1-4,6-9,23,26H,5,10-14H2/t20-/m0/s1. The maximum absolute atomic E-state index is 13.9. The van der Waals surface area contributed by atoms with E-state index in [1.165, 1.54) is 17.0 Å². The molecule has 1 atom stereocenters. The average molecular weight is 360 g/mol. The second kappa shape index (κ2) is 7.93. The Bertz CT molecular complexity index is 770. The summed E-state index contributed by atoms with van der Waals surface area (Å²) in [6.45, 7) is 1.01. The highest BCUT2D eigenvalue weighted by molar-refractivity contribution is 5.86. The predicted octanol–water partition coefficient (Wildman–Crippen LogP) is 2.61. The summed E-state index contributed by atoms with van der Waals surface area (Å²) in [6.07, 6.45) is 0.946. The van der Waals surface area contributed by atoms with Gasteiger partial charge in [0.2, 0.25) is 0 Å². The van der Waals surface area contributed by atoms with Crippen molar-refractivity contribution < 1.29 is 18.7 Å². The number of nitrogens with zero attached hydrogens (tertiary/aromatic N) is 1. The van der Waals surface area contributed by atoms with Gasteiger partial charge in [-0.25, -0.2) is 8.78 Å². The van der Waals surface area contributed by atoms with Crippen LogP contribution in [0.2, 0.25) is 0 Å². The summed E-state index contributed by atoms with van der Waals surface area (Å²) in [5, 5.41) is 13.9. The van der Waals surface area contributed by atoms with Crippen LogP contribution in [0, 0.1) is 11.6 Å². The van der Waals surface area contributed by atoms with Gasteiger partial charge < -0.3 is 15.3 Å². The van der Waals surface area contributed by atoms with Gasteiger partial charge in [-0.1, -0.05) is 42.5 Å². The van der Waals surface area contributed by atoms with Crippen molar-refractivity contribution in [1.29, 1.82) is 0 Å². The van der Waals surface area contributed by atoms with Crippen LogP contribution in [0.25, 0.3) is 0 Å². The molecular formula is C20H22F2N2O2. The zero-order valence-electron chi connectivity index (χ0n) is 14.4. The highest BCUT2D eigenvalue weighted by Crippen LogP contribution is 2.25. The van der Waals surface area contributed by atoms with Gasteiger partial charge in [0.25, 0.3) is 5.91 Å². The van der Waals surface area contributed by atoms with Gasteiger partial charge in [-0.05, 0) is 24.5 Å². The molecule has 1 fully saturated rings. The van der Waals surface area contributed by atoms with Gasteiger partial charge >= 0.3 is 0 Å². The van der Waals surface area contributed by atoms with Crippen molar-refractivity contribution in [2.24, 2.45) is 0 Å². The van der Waals surface area contributed by atoms with Crippen molar-refractivity contribution in [3.8, 4) is 0 Å². The van der Waals surface area contributed by atoms with Crippen LogP contribution < -0.4 is 5.32 Å². The van der Waals surface area contributed by atoms with Crippen LogP contribution in [0.3, 0.4) is 0 Å². The quantitative estimate of drug-likeness (QED) is 0.833. The number of hydrogen-bond donors (Lipinski definition) is 2. The lowest BCUT2D eigenvalue weighted by Crippen LogP contribution is -2.57. The molecule has 2 N–H and O–H groups in total. The van der Waals surface area contributed by atoms with E-state index in [0.29, 0.717) is 25.9 Å². The number of carbonyl (C=O) groups excluding carboxylic acids is 1. The lowest BCUT2D eigenvalue weighted by molar-refractivity contribution is -0.157. The van der Waals surface area contributed by atoms with Crippen LogP contribution >= 0.6 is 0 Å². The average Bonchev–Trinajstić information content (AvgIpc) is 2.64. The van der Waals surface area contributed by atoms with E-state index in [0.717, 1.165) is 11.6 Å². The van der Waals surface area contributed by atoms with Crippen LogP contribution in [0.15, 0.2) is 48.5 Å². The van der Waals surface area contributed by atoms with E-state index in [9.17, 15) is 18.7 Å². The zero-order valence-corrected chi connectivity index (χ0v) is 14.4. The molecule has 1 aliphatic heterocycles. The van der Waals surface area contributed by atoms with Crippen molar-refractivity contribution in [2.75, 3.05) is 13.1 Å². The molecule has 0 aromatic heterocycles. The van der Waals surface area contributed by atoms with Crippen molar-refractivity contribution in [3.63, 3.8) is 0 Å². The topological polar surface area (TPSA) is 52.6 Å². The van der Waals surface area contributed by atoms with E-state index in [1.54, 1.807) is 0 Å². The van der Waals surface area contributed by atoms with Gasteiger partial charge in [0.15, 0.2) is 17.2 Å². The van der Waals surface area contributed by atoms with E-state index in [1.807, 2.05) is 30.3 Å². The molecule has 0 unspecified atom stereocenters. The highest BCUT2D eigenvalue weighted by Gasteiger charge is 2.41. The molecule has 0 bridgehead atoms. The Hall–Kier alpha value is -2.31. The first-order chi connectivity index (χ1) is 12.5. The molecule has 2 aromatic rings. The summed E-state index contributed by atoms with van der Waals surface area (Å²) in [5.41, 5.74) is -0.366. The molecule has 0 radical (unpaired) electrons. The third-order valence-corrected chi connectivity index (χ3v) is 4.69. The molecule has 2 aromatic carbocycles. The number of piperidine rings is 1. The van der Waals surface area contributed by atoms with Crippen LogP contribution in [-0.2, 0) is 17.9 Å². The normalized spacial score (nSPS) is 20.4. The zero-order chi connectivity index (χ0) is 18.6. The van der Waals surface area contributed by atoms with Gasteiger partial charge in [0.05, 0.1) is 0 Å². The maximum atomic E-state index is 13.9. The van der Waals surface area contributed by atoms with Gasteiger partial charge in [-0.2, -0.15) is 0 Å². The second-order valence-corrected chi connectivity index (χ2v) is 6.66. The lowest BCUT2D eigenvalue weighted by Gasteiger charge is -2.38. The van der Waals surface area contributed by atoms with E-state index in [2.05, 4.69) is 5.32 Å². The molecule has 4 nitrogen and oxygen atoms in total. The number of benzene rings is 2. The minimum atomic E-state index is -1.53. The van der Waals surface area contributed by atoms with Crippen molar-refractivity contribution >= 4 is 5.91 Å². The molecule has 6 heteroatoms. The molecule has 26 heavy (non-hydrogen) atoms. The van der Waals surface area contributed by atoms with E-state index in [4.69, 9.17) is 0 Å². The summed E-state index contributed by atoms with van der Waals surface area (Å²) in [6, 6.07) is 13.6. The van der Waals surface area contributed by atoms with Crippen molar-refractivity contribution in [3.05, 3.63) is 71.3 Å². The van der Waals surface area contributed by atoms with Gasteiger partial charge in [-0.3, -0.25) is 4.79 Å². The molecule has 1 aliphatic rings. The Balaban J connectivity index is 1.63. The fourth-order valence-electron chi connectivity index (χ4n) is 3.27. The first kappa shape index (κ1) is 18.5. The summed E-state index contributed by atoms with van der Waals surface area (Å²) < 4.78 is 27.3. The number of amides is 1. The van der Waals surface area contributed by atoms with E-state index >= 15 is 0 Å². The van der Waals surface area contributed by atoms with E-state index in [-0.39, 0.29) is 18.7 Å². The predicted molar refractivity (Wildman–Crippen MR) is 94.1 cm³/mol. The van der Waals surface area contributed by atoms with Crippen molar-refractivity contribution in [1.82, 2.24) is 10.2 Å². The van der Waals surface area contributed by atoms with Gasteiger partial charge in [0, 0.05) is 31.7 Å². The fraction of sp³-hybridized carbons (Fsp3) is 0.350. The van der Waals surface area contributed by atoms with Crippen LogP contribution in [0.1, 0.15) is 24.0 Å². The minimum absolute atomic E-state index is 0.0522. The van der Waals surface area contributed by atoms with Gasteiger partial charge in [-0.15, -0.1) is 0 Å². The molecule has 1 saturated heterocycles. The molecule has 138 valence electrons. The fourth-order valence-corrected chi connectivity index (χ4v) is 3.27. The summed E-state index contributed by atoms with van der Waals surface area (Å²) in [5.74, 6) is -2.34. The first-order valence-corrected chi connectivity index (χ1v) is 8.69. The van der Waals surface area contributed by atoms with Crippen LogP contribution in [0.5, 0.6) is 0 Å². The third-order valence-electron chi connectivity index (χ3n) is 4.69. The van der Waals surface area contributed by atoms with Crippen LogP contribution in [0.4, 0.5) is 8.78 Å². The molecule has 3 rings (SSSR count).